The van der Waals surface area contributed by atoms with Crippen molar-refractivity contribution in [1.82, 2.24) is 10.3 Å². The van der Waals surface area contributed by atoms with Crippen LogP contribution in [-0.4, -0.2) is 10.9 Å². The molecule has 0 fully saturated rings. The first-order valence-corrected chi connectivity index (χ1v) is 4.70. The van der Waals surface area contributed by atoms with Gasteiger partial charge in [-0.1, -0.05) is 18.2 Å². The Morgan fingerprint density at radius 3 is 3.00 bits per heavy atom. The van der Waals surface area contributed by atoms with Crippen LogP contribution in [0.4, 0.5) is 0 Å². The summed E-state index contributed by atoms with van der Waals surface area (Å²) in [6, 6.07) is 8.10. The summed E-state index contributed by atoms with van der Waals surface area (Å²) in [6.07, 6.45) is 0.499. The lowest BCUT2D eigenvalue weighted by Gasteiger charge is -2.12. The van der Waals surface area contributed by atoms with E-state index in [2.05, 4.69) is 16.4 Å². The quantitative estimate of drug-likeness (QED) is 0.640. The van der Waals surface area contributed by atoms with Crippen molar-refractivity contribution in [3.8, 4) is 0 Å². The van der Waals surface area contributed by atoms with Gasteiger partial charge in [0.15, 0.2) is 0 Å². The molecule has 0 saturated carbocycles. The lowest BCUT2D eigenvalue weighted by molar-refractivity contribution is -0.121. The number of amides is 1. The average Bonchev–Trinajstić information content (AvgIpc) is 2.56. The molecule has 2 N–H and O–H groups in total. The summed E-state index contributed by atoms with van der Waals surface area (Å²) in [7, 11) is 0. The fourth-order valence-electron chi connectivity index (χ4n) is 2.02. The minimum atomic E-state index is 0.113. The third-order valence-electron chi connectivity index (χ3n) is 2.70. The van der Waals surface area contributed by atoms with Crippen molar-refractivity contribution >= 4 is 16.8 Å². The molecular weight excluding hydrogens is 176 g/mol. The van der Waals surface area contributed by atoms with Crippen LogP contribution in [0.3, 0.4) is 0 Å². The second kappa shape index (κ2) is 2.61. The molecule has 0 saturated heterocycles. The van der Waals surface area contributed by atoms with Crippen LogP contribution in [0.5, 0.6) is 0 Å². The molecule has 0 spiro atoms. The van der Waals surface area contributed by atoms with E-state index in [1.165, 1.54) is 5.39 Å². The summed E-state index contributed by atoms with van der Waals surface area (Å²) in [4.78, 5) is 14.6. The molecule has 2 aromatic rings. The number of hydrogen-bond acceptors (Lipinski definition) is 1. The van der Waals surface area contributed by atoms with E-state index in [0.717, 1.165) is 16.8 Å². The Hall–Kier alpha value is -1.77. The molecule has 3 rings (SSSR count). The zero-order valence-corrected chi connectivity index (χ0v) is 7.63. The maximum Gasteiger partial charge on any atom is 0.224 e. The van der Waals surface area contributed by atoms with Crippen LogP contribution in [0, 0.1) is 0 Å². The summed E-state index contributed by atoms with van der Waals surface area (Å²) in [5.41, 5.74) is 3.42. The van der Waals surface area contributed by atoms with Crippen LogP contribution in [0.25, 0.3) is 10.9 Å². The molecule has 0 radical (unpaired) electrons. The van der Waals surface area contributed by atoms with E-state index in [-0.39, 0.29) is 5.91 Å². The first kappa shape index (κ1) is 7.62. The molecule has 3 heteroatoms. The highest BCUT2D eigenvalue weighted by molar-refractivity contribution is 5.91. The zero-order valence-electron chi connectivity index (χ0n) is 7.63. The summed E-state index contributed by atoms with van der Waals surface area (Å²) in [5.74, 6) is 0.113. The first-order valence-electron chi connectivity index (χ1n) is 4.70. The summed E-state index contributed by atoms with van der Waals surface area (Å²) < 4.78 is 0. The van der Waals surface area contributed by atoms with Gasteiger partial charge in [-0.05, 0) is 11.6 Å². The van der Waals surface area contributed by atoms with E-state index in [0.29, 0.717) is 13.0 Å². The number of fused-ring (bicyclic) bond motifs is 3. The average molecular weight is 186 g/mol. The Kier molecular flexibility index (Phi) is 1.42. The second-order valence-electron chi connectivity index (χ2n) is 3.58. The zero-order chi connectivity index (χ0) is 9.54. The SMILES string of the molecule is O=C1Cc2c([nH]c3ccccc23)CN1. The van der Waals surface area contributed by atoms with Crippen molar-refractivity contribution in [3.63, 3.8) is 0 Å². The molecule has 0 aliphatic carbocycles. The van der Waals surface area contributed by atoms with Crippen LogP contribution in [0.15, 0.2) is 24.3 Å². The minimum absolute atomic E-state index is 0.113. The number of rotatable bonds is 0. The fourth-order valence-corrected chi connectivity index (χ4v) is 2.02. The van der Waals surface area contributed by atoms with E-state index in [1.807, 2.05) is 18.2 Å². The summed E-state index contributed by atoms with van der Waals surface area (Å²) >= 11 is 0. The number of hydrogen-bond donors (Lipinski definition) is 2. The maximum atomic E-state index is 11.2. The number of nitrogens with one attached hydrogen (secondary N) is 2. The predicted octanol–water partition coefficient (Wildman–Crippen LogP) is 1.34. The Balaban J connectivity index is 2.30. The molecule has 14 heavy (non-hydrogen) atoms. The van der Waals surface area contributed by atoms with E-state index in [1.54, 1.807) is 0 Å². The highest BCUT2D eigenvalue weighted by Gasteiger charge is 2.18. The van der Waals surface area contributed by atoms with Crippen LogP contribution in [-0.2, 0) is 17.8 Å². The molecule has 1 aliphatic rings. The number of benzene rings is 1. The summed E-state index contributed by atoms with van der Waals surface area (Å²) in [5, 5.41) is 4.01. The monoisotopic (exact) mass is 186 g/mol. The Morgan fingerprint density at radius 2 is 2.07 bits per heavy atom. The standard InChI is InChI=1S/C11H10N2O/c14-11-5-8-7-3-1-2-4-9(7)13-10(8)6-12-11/h1-4,13H,5-6H2,(H,12,14). The molecule has 1 aromatic carbocycles. The fraction of sp³-hybridized carbons (Fsp3) is 0.182. The molecule has 0 bridgehead atoms. The Bertz CT molecular complexity index is 513. The van der Waals surface area contributed by atoms with Crippen molar-refractivity contribution in [3.05, 3.63) is 35.5 Å². The number of para-hydroxylation sites is 1. The molecule has 3 nitrogen and oxygen atoms in total. The van der Waals surface area contributed by atoms with Crippen LogP contribution in [0.2, 0.25) is 0 Å². The molecule has 2 heterocycles. The number of H-pyrrole nitrogens is 1. The van der Waals surface area contributed by atoms with Crippen molar-refractivity contribution < 1.29 is 4.79 Å². The van der Waals surface area contributed by atoms with Crippen molar-refractivity contribution in [2.45, 2.75) is 13.0 Å². The van der Waals surface area contributed by atoms with Gasteiger partial charge in [-0.2, -0.15) is 0 Å². The summed E-state index contributed by atoms with van der Waals surface area (Å²) in [6.45, 7) is 0.628. The maximum absolute atomic E-state index is 11.2. The van der Waals surface area contributed by atoms with Gasteiger partial charge in [-0.25, -0.2) is 0 Å². The van der Waals surface area contributed by atoms with Crippen LogP contribution >= 0.6 is 0 Å². The van der Waals surface area contributed by atoms with Gasteiger partial charge in [0, 0.05) is 16.6 Å². The van der Waals surface area contributed by atoms with Gasteiger partial charge in [-0.15, -0.1) is 0 Å². The Morgan fingerprint density at radius 1 is 1.21 bits per heavy atom. The Labute approximate surface area is 81.1 Å². The largest absolute Gasteiger partial charge is 0.357 e. The second-order valence-corrected chi connectivity index (χ2v) is 3.58. The predicted molar refractivity (Wildman–Crippen MR) is 53.8 cm³/mol. The molecule has 1 aliphatic heterocycles. The highest BCUT2D eigenvalue weighted by Crippen LogP contribution is 2.24. The van der Waals surface area contributed by atoms with Gasteiger partial charge in [0.25, 0.3) is 0 Å². The van der Waals surface area contributed by atoms with E-state index in [9.17, 15) is 4.79 Å². The van der Waals surface area contributed by atoms with Gasteiger partial charge < -0.3 is 10.3 Å². The lowest BCUT2D eigenvalue weighted by Crippen LogP contribution is -2.29. The third kappa shape index (κ3) is 0.954. The van der Waals surface area contributed by atoms with Crippen molar-refractivity contribution in [2.75, 3.05) is 0 Å². The van der Waals surface area contributed by atoms with Gasteiger partial charge in [0.1, 0.15) is 0 Å². The number of carbonyl (C=O) groups is 1. The van der Waals surface area contributed by atoms with Crippen LogP contribution in [0.1, 0.15) is 11.3 Å². The molecule has 0 unspecified atom stereocenters. The van der Waals surface area contributed by atoms with Crippen molar-refractivity contribution in [2.24, 2.45) is 0 Å². The molecular formula is C11H10N2O. The third-order valence-corrected chi connectivity index (χ3v) is 2.70. The van der Waals surface area contributed by atoms with E-state index >= 15 is 0 Å². The number of aromatic nitrogens is 1. The molecule has 1 aromatic heterocycles. The van der Waals surface area contributed by atoms with Gasteiger partial charge in [0.05, 0.1) is 13.0 Å². The van der Waals surface area contributed by atoms with Gasteiger partial charge >= 0.3 is 0 Å². The molecule has 70 valence electrons. The van der Waals surface area contributed by atoms with E-state index < -0.39 is 0 Å². The van der Waals surface area contributed by atoms with Crippen LogP contribution < -0.4 is 5.32 Å². The number of carbonyl (C=O) groups excluding carboxylic acids is 1. The molecule has 1 amide bonds. The van der Waals surface area contributed by atoms with E-state index in [4.69, 9.17) is 0 Å². The minimum Gasteiger partial charge on any atom is -0.357 e. The first-order chi connectivity index (χ1) is 6.84. The topological polar surface area (TPSA) is 44.9 Å². The van der Waals surface area contributed by atoms with Gasteiger partial charge in [-0.3, -0.25) is 4.79 Å². The lowest BCUT2D eigenvalue weighted by atomic mass is 10.0. The normalized spacial score (nSPS) is 15.3. The number of aromatic amines is 1. The van der Waals surface area contributed by atoms with Gasteiger partial charge in [0.2, 0.25) is 5.91 Å². The smallest absolute Gasteiger partial charge is 0.224 e. The molecule has 0 atom stereocenters. The highest BCUT2D eigenvalue weighted by atomic mass is 16.1. The van der Waals surface area contributed by atoms with Crippen molar-refractivity contribution in [1.29, 1.82) is 0 Å².